The number of nitrogens with one attached hydrogen (secondary N) is 2. The van der Waals surface area contributed by atoms with Gasteiger partial charge in [-0.15, -0.1) is 0 Å². The Balaban J connectivity index is 4.48. The number of carbonyl (C=O) groups is 2. The summed E-state index contributed by atoms with van der Waals surface area (Å²) in [7, 11) is -1.09. The number of carbonyl (C=O) groups excluding carboxylic acids is 2. The Morgan fingerprint density at radius 3 is 1.67 bits per heavy atom. The van der Waals surface area contributed by atoms with E-state index in [0.29, 0.717) is 13.2 Å². The number of hydrogen-bond donors (Lipinski definition) is 2. The van der Waals surface area contributed by atoms with Gasteiger partial charge in [0.25, 0.3) is 0 Å². The molecule has 0 aromatic heterocycles. The lowest BCUT2D eigenvalue weighted by Crippen LogP contribution is -2.26. The second kappa shape index (κ2) is 10.1. The summed E-state index contributed by atoms with van der Waals surface area (Å²) in [6.07, 6.45) is 2.11. The SMILES string of the molecule is CCOC(=O)/C=N/NP(N/N=C/C(=O)OCC)C(C)(C)C. The third-order valence-electron chi connectivity index (χ3n) is 1.90. The van der Waals surface area contributed by atoms with E-state index in [9.17, 15) is 9.59 Å². The summed E-state index contributed by atoms with van der Waals surface area (Å²) in [5.74, 6) is -1.05. The number of ether oxygens (including phenoxy) is 2. The van der Waals surface area contributed by atoms with Gasteiger partial charge < -0.3 is 9.47 Å². The maximum atomic E-state index is 11.1. The molecule has 0 rings (SSSR count). The first-order chi connectivity index (χ1) is 9.81. The third-order valence-corrected chi connectivity index (χ3v) is 3.87. The Morgan fingerprint density at radius 2 is 1.38 bits per heavy atom. The topological polar surface area (TPSA) is 101 Å². The fraction of sp³-hybridized carbons (Fsp3) is 0.667. The molecule has 0 aliphatic carbocycles. The molecule has 120 valence electrons. The van der Waals surface area contributed by atoms with Gasteiger partial charge in [0.05, 0.1) is 13.2 Å². The molecular weight excluding hydrogens is 295 g/mol. The van der Waals surface area contributed by atoms with E-state index in [4.69, 9.17) is 9.47 Å². The van der Waals surface area contributed by atoms with Crippen LogP contribution in [0.1, 0.15) is 34.6 Å². The fourth-order valence-electron chi connectivity index (χ4n) is 0.960. The van der Waals surface area contributed by atoms with Gasteiger partial charge in [-0.3, -0.25) is 10.4 Å². The summed E-state index contributed by atoms with van der Waals surface area (Å²) in [6, 6.07) is 0. The zero-order valence-corrected chi connectivity index (χ0v) is 13.9. The van der Waals surface area contributed by atoms with Crippen LogP contribution in [-0.2, 0) is 19.1 Å². The monoisotopic (exact) mass is 318 g/mol. The van der Waals surface area contributed by atoms with Crippen LogP contribution in [0.25, 0.3) is 0 Å². The maximum Gasteiger partial charge on any atom is 0.351 e. The minimum Gasteiger partial charge on any atom is -0.462 e. The molecule has 0 saturated heterocycles. The van der Waals surface area contributed by atoms with Crippen molar-refractivity contribution in [3.63, 3.8) is 0 Å². The van der Waals surface area contributed by atoms with Crippen LogP contribution in [0.4, 0.5) is 0 Å². The summed E-state index contributed by atoms with van der Waals surface area (Å²) in [6.45, 7) is 9.93. The third kappa shape index (κ3) is 9.79. The van der Waals surface area contributed by atoms with Crippen molar-refractivity contribution in [2.45, 2.75) is 39.8 Å². The van der Waals surface area contributed by atoms with Crippen molar-refractivity contribution < 1.29 is 19.1 Å². The molecule has 0 atom stereocenters. The molecule has 0 heterocycles. The van der Waals surface area contributed by atoms with E-state index in [1.54, 1.807) is 13.8 Å². The summed E-state index contributed by atoms with van der Waals surface area (Å²) in [5.41, 5.74) is 0. The Labute approximate surface area is 126 Å². The molecule has 2 N–H and O–H groups in total. The molecule has 0 saturated carbocycles. The minimum atomic E-state index is -1.09. The van der Waals surface area contributed by atoms with E-state index in [1.807, 2.05) is 20.8 Å². The van der Waals surface area contributed by atoms with Crippen molar-refractivity contribution in [1.29, 1.82) is 0 Å². The van der Waals surface area contributed by atoms with Crippen LogP contribution >= 0.6 is 8.22 Å². The summed E-state index contributed by atoms with van der Waals surface area (Å²) in [4.78, 5) is 22.3. The quantitative estimate of drug-likeness (QED) is 0.303. The molecule has 0 aliphatic rings. The molecule has 0 bridgehead atoms. The van der Waals surface area contributed by atoms with Crippen molar-refractivity contribution in [2.24, 2.45) is 10.2 Å². The number of hydrogen-bond acceptors (Lipinski definition) is 8. The largest absolute Gasteiger partial charge is 0.462 e. The second-order valence-corrected chi connectivity index (χ2v) is 7.14. The van der Waals surface area contributed by atoms with Crippen molar-refractivity contribution in [3.8, 4) is 0 Å². The average molecular weight is 318 g/mol. The first-order valence-corrected chi connectivity index (χ1v) is 7.86. The lowest BCUT2D eigenvalue weighted by Gasteiger charge is -2.28. The highest BCUT2D eigenvalue weighted by atomic mass is 31.1. The van der Waals surface area contributed by atoms with Crippen LogP contribution in [0.2, 0.25) is 0 Å². The number of esters is 2. The predicted octanol–water partition coefficient (Wildman–Crippen LogP) is 1.37. The summed E-state index contributed by atoms with van der Waals surface area (Å²) >= 11 is 0. The first-order valence-electron chi connectivity index (χ1n) is 6.52. The summed E-state index contributed by atoms with van der Waals surface area (Å²) < 4.78 is 9.43. The van der Waals surface area contributed by atoms with Crippen LogP contribution in [0, 0.1) is 0 Å². The molecule has 0 aliphatic heterocycles. The van der Waals surface area contributed by atoms with Gasteiger partial charge in [-0.2, -0.15) is 10.2 Å². The van der Waals surface area contributed by atoms with Gasteiger partial charge in [-0.1, -0.05) is 20.8 Å². The standard InChI is InChI=1S/C12H23N4O4P/c1-6-19-10(17)8-13-15-21(12(3,4)5)16-14-9-11(18)20-7-2/h8-9,15-16H,6-7H2,1-5H3/b13-8+,14-9+. The lowest BCUT2D eigenvalue weighted by atomic mass is 10.3. The number of hydrazone groups is 2. The molecule has 0 unspecified atom stereocenters. The van der Waals surface area contributed by atoms with E-state index in [-0.39, 0.29) is 5.16 Å². The van der Waals surface area contributed by atoms with Crippen molar-refractivity contribution >= 4 is 32.6 Å². The van der Waals surface area contributed by atoms with Crippen molar-refractivity contribution in [2.75, 3.05) is 13.2 Å². The van der Waals surface area contributed by atoms with Crippen molar-refractivity contribution in [1.82, 2.24) is 10.4 Å². The van der Waals surface area contributed by atoms with Gasteiger partial charge in [-0.05, 0) is 13.8 Å². The Bertz CT molecular complexity index is 363. The lowest BCUT2D eigenvalue weighted by molar-refractivity contribution is -0.135. The van der Waals surface area contributed by atoms with Gasteiger partial charge in [0.2, 0.25) is 0 Å². The Kier molecular flexibility index (Phi) is 9.28. The Hall–Kier alpha value is -1.69. The van der Waals surface area contributed by atoms with Gasteiger partial charge in [0.1, 0.15) is 20.7 Å². The highest BCUT2D eigenvalue weighted by molar-refractivity contribution is 7.55. The molecule has 0 amide bonds. The molecular formula is C12H23N4O4P. The van der Waals surface area contributed by atoms with Crippen LogP contribution in [-0.4, -0.2) is 42.7 Å². The highest BCUT2D eigenvalue weighted by Crippen LogP contribution is 2.41. The van der Waals surface area contributed by atoms with Crippen LogP contribution in [0.5, 0.6) is 0 Å². The maximum absolute atomic E-state index is 11.1. The van der Waals surface area contributed by atoms with Crippen molar-refractivity contribution in [3.05, 3.63) is 0 Å². The minimum absolute atomic E-state index is 0.201. The molecule has 9 heteroatoms. The Morgan fingerprint density at radius 1 is 1.00 bits per heavy atom. The zero-order chi connectivity index (χ0) is 16.3. The van der Waals surface area contributed by atoms with Gasteiger partial charge >= 0.3 is 11.9 Å². The molecule has 0 aromatic rings. The van der Waals surface area contributed by atoms with Gasteiger partial charge in [0.15, 0.2) is 0 Å². The molecule has 21 heavy (non-hydrogen) atoms. The first kappa shape index (κ1) is 19.3. The van der Waals surface area contributed by atoms with Crippen LogP contribution < -0.4 is 10.4 Å². The van der Waals surface area contributed by atoms with Crippen LogP contribution in [0.15, 0.2) is 10.2 Å². The molecule has 0 aromatic carbocycles. The van der Waals surface area contributed by atoms with E-state index >= 15 is 0 Å². The van der Waals surface area contributed by atoms with Gasteiger partial charge in [0, 0.05) is 5.16 Å². The van der Waals surface area contributed by atoms with E-state index < -0.39 is 20.2 Å². The number of nitrogens with zero attached hydrogens (tertiary/aromatic N) is 2. The van der Waals surface area contributed by atoms with E-state index in [1.165, 1.54) is 0 Å². The highest BCUT2D eigenvalue weighted by Gasteiger charge is 2.24. The van der Waals surface area contributed by atoms with E-state index in [0.717, 1.165) is 12.4 Å². The van der Waals surface area contributed by atoms with Gasteiger partial charge in [-0.25, -0.2) is 9.59 Å². The van der Waals surface area contributed by atoms with Crippen LogP contribution in [0.3, 0.4) is 0 Å². The van der Waals surface area contributed by atoms with E-state index in [2.05, 4.69) is 20.6 Å². The molecule has 0 radical (unpaired) electrons. The molecule has 0 spiro atoms. The average Bonchev–Trinajstić information content (AvgIpc) is 2.36. The smallest absolute Gasteiger partial charge is 0.351 e. The summed E-state index contributed by atoms with van der Waals surface area (Å²) in [5, 5.41) is 13.1. The molecule has 0 fully saturated rings. The second-order valence-electron chi connectivity index (χ2n) is 4.73. The zero-order valence-electron chi connectivity index (χ0n) is 13.0. The predicted molar refractivity (Wildman–Crippen MR) is 83.2 cm³/mol. The number of rotatable bonds is 8. The fourth-order valence-corrected chi connectivity index (χ4v) is 1.95. The normalized spacial score (nSPS) is 11.9. The molecule has 8 nitrogen and oxygen atoms in total.